The highest BCUT2D eigenvalue weighted by atomic mass is 32.2. The first-order valence-corrected chi connectivity index (χ1v) is 6.55. The van der Waals surface area contributed by atoms with Gasteiger partial charge in [-0.15, -0.1) is 0 Å². The molecule has 3 aromatic rings. The molecule has 0 atom stereocenters. The number of thioether (sulfide) groups is 1. The Morgan fingerprint density at radius 2 is 1.85 bits per heavy atom. The predicted molar refractivity (Wildman–Crippen MR) is 73.1 cm³/mol. The van der Waals surface area contributed by atoms with Crippen LogP contribution >= 0.6 is 11.8 Å². The van der Waals surface area contributed by atoms with E-state index in [1.54, 1.807) is 35.0 Å². The SMILES string of the molecule is O=c1c2cc(SC(F)(F)F)ccc2ccn2cccc12. The average Bonchev–Trinajstić information content (AvgIpc) is 2.78. The first-order chi connectivity index (χ1) is 9.44. The summed E-state index contributed by atoms with van der Waals surface area (Å²) < 4.78 is 38.9. The molecule has 0 amide bonds. The molecular formula is C14H8F3NOS. The van der Waals surface area contributed by atoms with Crippen molar-refractivity contribution in [2.75, 3.05) is 0 Å². The van der Waals surface area contributed by atoms with Crippen LogP contribution in [0.15, 0.2) is 58.5 Å². The molecule has 1 aromatic carbocycles. The second-order valence-electron chi connectivity index (χ2n) is 4.24. The van der Waals surface area contributed by atoms with Crippen LogP contribution in [0.2, 0.25) is 0 Å². The van der Waals surface area contributed by atoms with Crippen LogP contribution < -0.4 is 5.43 Å². The fourth-order valence-electron chi connectivity index (χ4n) is 2.09. The maximum absolute atomic E-state index is 12.4. The summed E-state index contributed by atoms with van der Waals surface area (Å²) in [5.74, 6) is 0. The van der Waals surface area contributed by atoms with Crippen LogP contribution in [-0.2, 0) is 0 Å². The number of aromatic nitrogens is 1. The molecule has 0 bridgehead atoms. The van der Waals surface area contributed by atoms with Crippen LogP contribution in [0.4, 0.5) is 13.2 Å². The Bertz CT molecular complexity index is 854. The van der Waals surface area contributed by atoms with Crippen molar-refractivity contribution in [2.45, 2.75) is 10.4 Å². The van der Waals surface area contributed by atoms with Crippen molar-refractivity contribution in [1.29, 1.82) is 0 Å². The molecular weight excluding hydrogens is 287 g/mol. The highest BCUT2D eigenvalue weighted by molar-refractivity contribution is 8.00. The van der Waals surface area contributed by atoms with E-state index in [0.29, 0.717) is 10.9 Å². The van der Waals surface area contributed by atoms with Crippen molar-refractivity contribution in [3.8, 4) is 0 Å². The number of halogens is 3. The van der Waals surface area contributed by atoms with Gasteiger partial charge in [0, 0.05) is 22.7 Å². The van der Waals surface area contributed by atoms with Crippen LogP contribution in [0.5, 0.6) is 0 Å². The number of hydrogen-bond donors (Lipinski definition) is 0. The maximum Gasteiger partial charge on any atom is 0.446 e. The zero-order chi connectivity index (χ0) is 14.3. The van der Waals surface area contributed by atoms with E-state index in [4.69, 9.17) is 0 Å². The largest absolute Gasteiger partial charge is 0.446 e. The number of hydrogen-bond acceptors (Lipinski definition) is 2. The quantitative estimate of drug-likeness (QED) is 0.631. The van der Waals surface area contributed by atoms with Gasteiger partial charge in [-0.3, -0.25) is 4.79 Å². The Kier molecular flexibility index (Phi) is 2.97. The minimum Gasteiger partial charge on any atom is -0.320 e. The number of rotatable bonds is 1. The summed E-state index contributed by atoms with van der Waals surface area (Å²) in [6, 6.07) is 9.27. The van der Waals surface area contributed by atoms with E-state index in [2.05, 4.69) is 0 Å². The normalized spacial score (nSPS) is 12.2. The second kappa shape index (κ2) is 4.56. The van der Waals surface area contributed by atoms with Crippen molar-refractivity contribution in [1.82, 2.24) is 4.40 Å². The zero-order valence-corrected chi connectivity index (χ0v) is 10.8. The summed E-state index contributed by atoms with van der Waals surface area (Å²) in [5, 5.41) is 0.901. The minimum absolute atomic E-state index is 0.0120. The first kappa shape index (κ1) is 13.1. The van der Waals surface area contributed by atoms with Crippen molar-refractivity contribution in [3.63, 3.8) is 0 Å². The van der Waals surface area contributed by atoms with Gasteiger partial charge in [0.1, 0.15) is 0 Å². The Morgan fingerprint density at radius 3 is 2.60 bits per heavy atom. The average molecular weight is 295 g/mol. The van der Waals surface area contributed by atoms with Gasteiger partial charge in [-0.05, 0) is 47.5 Å². The Labute approximate surface area is 115 Å². The summed E-state index contributed by atoms with van der Waals surface area (Å²) >= 11 is -0.217. The number of fused-ring (bicyclic) bond motifs is 2. The molecule has 3 rings (SSSR count). The molecule has 0 aliphatic rings. The summed E-state index contributed by atoms with van der Waals surface area (Å²) in [5.41, 5.74) is -4.20. The van der Waals surface area contributed by atoms with Crippen molar-refractivity contribution in [3.05, 3.63) is 59.0 Å². The van der Waals surface area contributed by atoms with Crippen LogP contribution in [0.1, 0.15) is 0 Å². The molecule has 2 heterocycles. The number of alkyl halides is 3. The van der Waals surface area contributed by atoms with Gasteiger partial charge in [-0.25, -0.2) is 0 Å². The van der Waals surface area contributed by atoms with Crippen LogP contribution in [0.3, 0.4) is 0 Å². The fraction of sp³-hybridized carbons (Fsp3) is 0.0714. The third kappa shape index (κ3) is 2.38. The maximum atomic E-state index is 12.4. The smallest absolute Gasteiger partial charge is 0.320 e. The zero-order valence-electron chi connectivity index (χ0n) is 10.0. The fourth-order valence-corrected chi connectivity index (χ4v) is 2.67. The molecule has 0 unspecified atom stereocenters. The lowest BCUT2D eigenvalue weighted by atomic mass is 10.2. The van der Waals surface area contributed by atoms with Gasteiger partial charge in [0.2, 0.25) is 5.43 Å². The van der Waals surface area contributed by atoms with Gasteiger partial charge in [0.25, 0.3) is 0 Å². The Morgan fingerprint density at radius 1 is 1.05 bits per heavy atom. The summed E-state index contributed by atoms with van der Waals surface area (Å²) in [6.07, 6.45) is 3.44. The van der Waals surface area contributed by atoms with Gasteiger partial charge in [0.05, 0.1) is 5.52 Å². The van der Waals surface area contributed by atoms with E-state index < -0.39 is 5.51 Å². The highest BCUT2D eigenvalue weighted by Crippen LogP contribution is 2.37. The number of benzene rings is 1. The highest BCUT2D eigenvalue weighted by Gasteiger charge is 2.29. The lowest BCUT2D eigenvalue weighted by Gasteiger charge is -2.05. The first-order valence-electron chi connectivity index (χ1n) is 5.73. The summed E-state index contributed by atoms with van der Waals surface area (Å²) in [6.45, 7) is 0. The van der Waals surface area contributed by atoms with Crippen molar-refractivity contribution < 1.29 is 13.2 Å². The van der Waals surface area contributed by atoms with Crippen molar-refractivity contribution in [2.24, 2.45) is 0 Å². The van der Waals surface area contributed by atoms with E-state index in [1.807, 2.05) is 0 Å². The molecule has 20 heavy (non-hydrogen) atoms. The third-order valence-corrected chi connectivity index (χ3v) is 3.65. The molecule has 2 aromatic heterocycles. The number of nitrogens with zero attached hydrogens (tertiary/aromatic N) is 1. The summed E-state index contributed by atoms with van der Waals surface area (Å²) in [4.78, 5) is 12.4. The molecule has 0 spiro atoms. The van der Waals surface area contributed by atoms with Crippen molar-refractivity contribution >= 4 is 28.1 Å². The monoisotopic (exact) mass is 295 g/mol. The van der Waals surface area contributed by atoms with Gasteiger partial charge in [0.15, 0.2) is 0 Å². The molecule has 0 aliphatic carbocycles. The van der Waals surface area contributed by atoms with E-state index in [-0.39, 0.29) is 27.5 Å². The molecule has 102 valence electrons. The molecule has 0 radical (unpaired) electrons. The minimum atomic E-state index is -4.36. The van der Waals surface area contributed by atoms with Gasteiger partial charge < -0.3 is 4.40 Å². The Hall–Kier alpha value is -1.95. The van der Waals surface area contributed by atoms with Gasteiger partial charge in [-0.1, -0.05) is 6.07 Å². The van der Waals surface area contributed by atoms with Crippen LogP contribution in [-0.4, -0.2) is 9.91 Å². The molecule has 0 saturated heterocycles. The van der Waals surface area contributed by atoms with Gasteiger partial charge >= 0.3 is 5.51 Å². The van der Waals surface area contributed by atoms with E-state index >= 15 is 0 Å². The second-order valence-corrected chi connectivity index (χ2v) is 5.38. The van der Waals surface area contributed by atoms with E-state index in [0.717, 1.165) is 0 Å². The summed E-state index contributed by atoms with van der Waals surface area (Å²) in [7, 11) is 0. The standard InChI is InChI=1S/C14H8F3NOS/c15-14(16,17)20-10-4-3-9-5-7-18-6-1-2-12(18)13(19)11(9)8-10/h1-8H. The lowest BCUT2D eigenvalue weighted by molar-refractivity contribution is -0.0328. The molecule has 0 N–H and O–H groups in total. The van der Waals surface area contributed by atoms with E-state index in [1.165, 1.54) is 18.2 Å². The Balaban J connectivity index is 2.30. The van der Waals surface area contributed by atoms with Crippen LogP contribution in [0, 0.1) is 0 Å². The molecule has 0 saturated carbocycles. The van der Waals surface area contributed by atoms with Gasteiger partial charge in [-0.2, -0.15) is 13.2 Å². The molecule has 2 nitrogen and oxygen atoms in total. The van der Waals surface area contributed by atoms with E-state index in [9.17, 15) is 18.0 Å². The third-order valence-electron chi connectivity index (χ3n) is 2.93. The molecule has 0 aliphatic heterocycles. The molecule has 6 heteroatoms. The van der Waals surface area contributed by atoms with Crippen LogP contribution in [0.25, 0.3) is 16.3 Å². The predicted octanol–water partition coefficient (Wildman–Crippen LogP) is 4.06. The lowest BCUT2D eigenvalue weighted by Crippen LogP contribution is -2.02. The topological polar surface area (TPSA) is 21.5 Å². The molecule has 0 fully saturated rings.